The SMILES string of the molecule is COCCNCC(=O)N1CCC1C(N)=O. The summed E-state index contributed by atoms with van der Waals surface area (Å²) in [5.41, 5.74) is 5.13. The zero-order chi connectivity index (χ0) is 11.3. The summed E-state index contributed by atoms with van der Waals surface area (Å²) in [7, 11) is 1.60. The summed E-state index contributed by atoms with van der Waals surface area (Å²) in [6.07, 6.45) is 0.680. The van der Waals surface area contributed by atoms with E-state index in [9.17, 15) is 9.59 Å². The van der Waals surface area contributed by atoms with Crippen LogP contribution in [0.1, 0.15) is 6.42 Å². The monoisotopic (exact) mass is 215 g/mol. The first-order valence-electron chi connectivity index (χ1n) is 4.95. The van der Waals surface area contributed by atoms with E-state index in [1.54, 1.807) is 7.11 Å². The van der Waals surface area contributed by atoms with Crippen LogP contribution in [0.3, 0.4) is 0 Å². The number of rotatable bonds is 6. The molecule has 1 atom stereocenters. The van der Waals surface area contributed by atoms with Gasteiger partial charge in [0, 0.05) is 20.2 Å². The lowest BCUT2D eigenvalue weighted by Crippen LogP contribution is -2.59. The highest BCUT2D eigenvalue weighted by Gasteiger charge is 2.35. The van der Waals surface area contributed by atoms with Crippen LogP contribution in [0.4, 0.5) is 0 Å². The predicted octanol–water partition coefficient (Wildman–Crippen LogP) is -1.69. The number of hydrogen-bond donors (Lipinski definition) is 2. The molecule has 0 saturated carbocycles. The standard InChI is InChI=1S/C9H17N3O3/c1-15-5-3-11-6-8(13)12-4-2-7(12)9(10)14/h7,11H,2-6H2,1H3,(H2,10,14). The molecule has 3 N–H and O–H groups in total. The van der Waals surface area contributed by atoms with Gasteiger partial charge in [0.25, 0.3) is 0 Å². The van der Waals surface area contributed by atoms with Crippen LogP contribution in [0.5, 0.6) is 0 Å². The molecule has 0 spiro atoms. The van der Waals surface area contributed by atoms with Crippen molar-refractivity contribution in [2.45, 2.75) is 12.5 Å². The molecule has 0 radical (unpaired) electrons. The zero-order valence-electron chi connectivity index (χ0n) is 8.86. The number of likely N-dealkylation sites (tertiary alicyclic amines) is 1. The number of carbonyl (C=O) groups excluding carboxylic acids is 2. The maximum Gasteiger partial charge on any atom is 0.240 e. The summed E-state index contributed by atoms with van der Waals surface area (Å²) in [6.45, 7) is 2.04. The summed E-state index contributed by atoms with van der Waals surface area (Å²) in [6, 6.07) is -0.401. The average Bonchev–Trinajstić information content (AvgIpc) is 2.09. The molecule has 1 aliphatic rings. The van der Waals surface area contributed by atoms with Gasteiger partial charge in [0.15, 0.2) is 0 Å². The largest absolute Gasteiger partial charge is 0.383 e. The van der Waals surface area contributed by atoms with E-state index in [0.717, 1.165) is 0 Å². The zero-order valence-corrected chi connectivity index (χ0v) is 8.86. The number of nitrogens with two attached hydrogens (primary N) is 1. The third-order valence-electron chi connectivity index (χ3n) is 2.43. The van der Waals surface area contributed by atoms with Crippen molar-refractivity contribution in [1.82, 2.24) is 10.2 Å². The second-order valence-corrected chi connectivity index (χ2v) is 3.46. The Bertz CT molecular complexity index is 245. The van der Waals surface area contributed by atoms with Crippen molar-refractivity contribution in [3.8, 4) is 0 Å². The van der Waals surface area contributed by atoms with E-state index in [4.69, 9.17) is 10.5 Å². The molecule has 15 heavy (non-hydrogen) atoms. The highest BCUT2D eigenvalue weighted by Crippen LogP contribution is 2.16. The molecule has 0 aromatic heterocycles. The molecule has 1 fully saturated rings. The van der Waals surface area contributed by atoms with Crippen LogP contribution in [-0.4, -0.2) is 56.1 Å². The number of primary amides is 1. The Morgan fingerprint density at radius 3 is 2.80 bits per heavy atom. The van der Waals surface area contributed by atoms with Crippen molar-refractivity contribution in [3.05, 3.63) is 0 Å². The highest BCUT2D eigenvalue weighted by atomic mass is 16.5. The number of nitrogens with zero attached hydrogens (tertiary/aromatic N) is 1. The average molecular weight is 215 g/mol. The molecule has 0 aromatic carbocycles. The second kappa shape index (κ2) is 5.67. The Morgan fingerprint density at radius 2 is 2.33 bits per heavy atom. The summed E-state index contributed by atoms with van der Waals surface area (Å²) in [5, 5.41) is 2.93. The quantitative estimate of drug-likeness (QED) is 0.518. The second-order valence-electron chi connectivity index (χ2n) is 3.46. The Balaban J connectivity index is 2.20. The van der Waals surface area contributed by atoms with Crippen LogP contribution < -0.4 is 11.1 Å². The van der Waals surface area contributed by atoms with Gasteiger partial charge in [0.2, 0.25) is 11.8 Å². The van der Waals surface area contributed by atoms with Gasteiger partial charge < -0.3 is 20.7 Å². The summed E-state index contributed by atoms with van der Waals surface area (Å²) < 4.78 is 4.82. The van der Waals surface area contributed by atoms with E-state index in [1.807, 2.05) is 0 Å². The van der Waals surface area contributed by atoms with Gasteiger partial charge in [-0.25, -0.2) is 0 Å². The lowest BCUT2D eigenvalue weighted by Gasteiger charge is -2.38. The molecule has 1 rings (SSSR count). The van der Waals surface area contributed by atoms with E-state index in [1.165, 1.54) is 4.90 Å². The maximum atomic E-state index is 11.5. The van der Waals surface area contributed by atoms with Crippen molar-refractivity contribution in [2.24, 2.45) is 5.73 Å². The number of amides is 2. The van der Waals surface area contributed by atoms with Gasteiger partial charge in [-0.1, -0.05) is 0 Å². The Labute approximate surface area is 88.7 Å². The van der Waals surface area contributed by atoms with Crippen LogP contribution in [-0.2, 0) is 14.3 Å². The van der Waals surface area contributed by atoms with Crippen LogP contribution >= 0.6 is 0 Å². The molecule has 6 heteroatoms. The van der Waals surface area contributed by atoms with Crippen molar-refractivity contribution in [1.29, 1.82) is 0 Å². The number of carbonyl (C=O) groups is 2. The van der Waals surface area contributed by atoms with E-state index >= 15 is 0 Å². The Morgan fingerprint density at radius 1 is 1.60 bits per heavy atom. The molecule has 0 bridgehead atoms. The minimum atomic E-state index is -0.425. The third kappa shape index (κ3) is 3.17. The minimum Gasteiger partial charge on any atom is -0.383 e. The first kappa shape index (κ1) is 11.9. The Kier molecular flexibility index (Phi) is 4.51. The fourth-order valence-corrected chi connectivity index (χ4v) is 1.45. The molecule has 2 amide bonds. The van der Waals surface area contributed by atoms with Gasteiger partial charge >= 0.3 is 0 Å². The van der Waals surface area contributed by atoms with Crippen molar-refractivity contribution >= 4 is 11.8 Å². The fraction of sp³-hybridized carbons (Fsp3) is 0.778. The molecule has 1 heterocycles. The lowest BCUT2D eigenvalue weighted by molar-refractivity contribution is -0.145. The number of ether oxygens (including phenoxy) is 1. The molecule has 86 valence electrons. The molecule has 6 nitrogen and oxygen atoms in total. The molecule has 1 saturated heterocycles. The first-order valence-corrected chi connectivity index (χ1v) is 4.95. The van der Waals surface area contributed by atoms with Gasteiger partial charge in [-0.15, -0.1) is 0 Å². The van der Waals surface area contributed by atoms with Gasteiger partial charge in [0.1, 0.15) is 6.04 Å². The number of nitrogens with one attached hydrogen (secondary N) is 1. The van der Waals surface area contributed by atoms with Crippen LogP contribution in [0.25, 0.3) is 0 Å². The normalized spacial score (nSPS) is 19.8. The predicted molar refractivity (Wildman–Crippen MR) is 54.1 cm³/mol. The molecule has 0 aliphatic carbocycles. The Hall–Kier alpha value is -1.14. The molecule has 1 unspecified atom stereocenters. The van der Waals surface area contributed by atoms with Gasteiger partial charge in [-0.2, -0.15) is 0 Å². The topological polar surface area (TPSA) is 84.7 Å². The van der Waals surface area contributed by atoms with Crippen LogP contribution in [0.2, 0.25) is 0 Å². The molecule has 1 aliphatic heterocycles. The van der Waals surface area contributed by atoms with Gasteiger partial charge in [0.05, 0.1) is 13.2 Å². The van der Waals surface area contributed by atoms with Gasteiger partial charge in [-0.3, -0.25) is 9.59 Å². The van der Waals surface area contributed by atoms with Crippen molar-refractivity contribution in [2.75, 3.05) is 33.4 Å². The summed E-state index contributed by atoms with van der Waals surface area (Å²) in [5.74, 6) is -0.507. The lowest BCUT2D eigenvalue weighted by atomic mass is 10.0. The summed E-state index contributed by atoms with van der Waals surface area (Å²) >= 11 is 0. The van der Waals surface area contributed by atoms with Crippen molar-refractivity contribution in [3.63, 3.8) is 0 Å². The molecule has 0 aromatic rings. The number of methoxy groups -OCH3 is 1. The maximum absolute atomic E-state index is 11.5. The van der Waals surface area contributed by atoms with E-state index in [-0.39, 0.29) is 12.5 Å². The van der Waals surface area contributed by atoms with Gasteiger partial charge in [-0.05, 0) is 6.42 Å². The van der Waals surface area contributed by atoms with E-state index in [2.05, 4.69) is 5.32 Å². The van der Waals surface area contributed by atoms with Crippen LogP contribution in [0, 0.1) is 0 Å². The third-order valence-corrected chi connectivity index (χ3v) is 2.43. The number of hydrogen-bond acceptors (Lipinski definition) is 4. The summed E-state index contributed by atoms with van der Waals surface area (Å²) in [4.78, 5) is 23.9. The van der Waals surface area contributed by atoms with E-state index < -0.39 is 11.9 Å². The molecular formula is C9H17N3O3. The van der Waals surface area contributed by atoms with Crippen LogP contribution in [0.15, 0.2) is 0 Å². The highest BCUT2D eigenvalue weighted by molar-refractivity contribution is 5.89. The van der Waals surface area contributed by atoms with Crippen molar-refractivity contribution < 1.29 is 14.3 Å². The minimum absolute atomic E-state index is 0.0823. The smallest absolute Gasteiger partial charge is 0.240 e. The first-order chi connectivity index (χ1) is 7.16. The molecular weight excluding hydrogens is 198 g/mol. The van der Waals surface area contributed by atoms with E-state index in [0.29, 0.717) is 26.1 Å². The fourth-order valence-electron chi connectivity index (χ4n) is 1.45.